The number of aromatic carboxylic acids is 1. The van der Waals surface area contributed by atoms with E-state index in [1.807, 2.05) is 17.5 Å². The van der Waals surface area contributed by atoms with Crippen molar-refractivity contribution in [1.82, 2.24) is 9.55 Å². The molecule has 108 valence electrons. The molecule has 0 unspecified atom stereocenters. The monoisotopic (exact) mass is 304 g/mol. The molecule has 0 spiro atoms. The molecule has 0 aliphatic rings. The SMILES string of the molecule is Cc1oc2ncn(CCc3cccs3)c(=O)c2c1C(=O)O. The largest absolute Gasteiger partial charge is 0.478 e. The number of aryl methyl sites for hydroxylation is 3. The van der Waals surface area contributed by atoms with Crippen molar-refractivity contribution in [1.29, 1.82) is 0 Å². The van der Waals surface area contributed by atoms with Gasteiger partial charge < -0.3 is 9.52 Å². The Morgan fingerprint density at radius 3 is 3.00 bits per heavy atom. The Kier molecular flexibility index (Phi) is 3.34. The van der Waals surface area contributed by atoms with Crippen LogP contribution in [0, 0.1) is 6.92 Å². The molecule has 3 aromatic heterocycles. The van der Waals surface area contributed by atoms with Crippen molar-refractivity contribution in [3.63, 3.8) is 0 Å². The van der Waals surface area contributed by atoms with Gasteiger partial charge in [0.25, 0.3) is 5.56 Å². The third-order valence-corrected chi connectivity index (χ3v) is 4.18. The number of thiophene rings is 1. The Hall–Kier alpha value is -2.41. The number of rotatable bonds is 4. The minimum Gasteiger partial charge on any atom is -0.478 e. The van der Waals surface area contributed by atoms with Gasteiger partial charge in [-0.05, 0) is 24.8 Å². The minimum absolute atomic E-state index is 0.0358. The van der Waals surface area contributed by atoms with E-state index in [4.69, 9.17) is 4.42 Å². The summed E-state index contributed by atoms with van der Waals surface area (Å²) in [7, 11) is 0. The van der Waals surface area contributed by atoms with Crippen LogP contribution in [0.25, 0.3) is 11.1 Å². The zero-order chi connectivity index (χ0) is 15.0. The lowest BCUT2D eigenvalue weighted by molar-refractivity contribution is 0.0697. The second-order valence-corrected chi connectivity index (χ2v) is 5.62. The summed E-state index contributed by atoms with van der Waals surface area (Å²) in [6, 6.07) is 3.94. The first-order chi connectivity index (χ1) is 10.1. The van der Waals surface area contributed by atoms with Gasteiger partial charge in [0, 0.05) is 11.4 Å². The number of nitrogens with zero attached hydrogens (tertiary/aromatic N) is 2. The quantitative estimate of drug-likeness (QED) is 0.799. The highest BCUT2D eigenvalue weighted by Gasteiger charge is 2.22. The highest BCUT2D eigenvalue weighted by atomic mass is 32.1. The van der Waals surface area contributed by atoms with Crippen LogP contribution < -0.4 is 5.56 Å². The fourth-order valence-corrected chi connectivity index (χ4v) is 2.94. The molecule has 0 saturated heterocycles. The topological polar surface area (TPSA) is 85.3 Å². The molecular formula is C14H12N2O4S. The van der Waals surface area contributed by atoms with Crippen molar-refractivity contribution < 1.29 is 14.3 Å². The molecule has 1 N–H and O–H groups in total. The maximum atomic E-state index is 12.4. The van der Waals surface area contributed by atoms with E-state index in [2.05, 4.69) is 4.98 Å². The van der Waals surface area contributed by atoms with Crippen LogP contribution in [0.5, 0.6) is 0 Å². The number of furan rings is 1. The lowest BCUT2D eigenvalue weighted by Crippen LogP contribution is -2.22. The number of fused-ring (bicyclic) bond motifs is 1. The molecule has 0 bridgehead atoms. The molecule has 3 heterocycles. The molecule has 0 aliphatic carbocycles. The van der Waals surface area contributed by atoms with E-state index in [0.717, 1.165) is 4.88 Å². The Morgan fingerprint density at radius 1 is 1.52 bits per heavy atom. The summed E-state index contributed by atoms with van der Waals surface area (Å²) in [6.45, 7) is 1.96. The third kappa shape index (κ3) is 2.36. The van der Waals surface area contributed by atoms with Gasteiger partial charge in [0.2, 0.25) is 5.71 Å². The normalized spacial score (nSPS) is 11.1. The van der Waals surface area contributed by atoms with Crippen molar-refractivity contribution in [3.05, 3.63) is 50.4 Å². The number of carboxylic acids is 1. The summed E-state index contributed by atoms with van der Waals surface area (Å²) in [6.07, 6.45) is 2.09. The van der Waals surface area contributed by atoms with Crippen molar-refractivity contribution in [2.75, 3.05) is 0 Å². The summed E-state index contributed by atoms with van der Waals surface area (Å²) < 4.78 is 6.66. The Bertz CT molecular complexity index is 861. The molecular weight excluding hydrogens is 292 g/mol. The van der Waals surface area contributed by atoms with E-state index in [9.17, 15) is 14.7 Å². The molecule has 3 aromatic rings. The smallest absolute Gasteiger partial charge is 0.340 e. The first-order valence-electron chi connectivity index (χ1n) is 6.32. The maximum Gasteiger partial charge on any atom is 0.340 e. The number of hydrogen-bond donors (Lipinski definition) is 1. The van der Waals surface area contributed by atoms with Crippen LogP contribution in [-0.2, 0) is 13.0 Å². The number of aromatic nitrogens is 2. The fourth-order valence-electron chi connectivity index (χ4n) is 2.24. The van der Waals surface area contributed by atoms with Crippen LogP contribution in [0.15, 0.2) is 33.1 Å². The zero-order valence-electron chi connectivity index (χ0n) is 11.2. The summed E-state index contributed by atoms with van der Waals surface area (Å²) >= 11 is 1.62. The van der Waals surface area contributed by atoms with Gasteiger partial charge in [0.1, 0.15) is 23.0 Å². The van der Waals surface area contributed by atoms with Crippen LogP contribution in [0.4, 0.5) is 0 Å². The molecule has 7 heteroatoms. The van der Waals surface area contributed by atoms with Gasteiger partial charge in [-0.3, -0.25) is 9.36 Å². The molecule has 0 aliphatic heterocycles. The lowest BCUT2D eigenvalue weighted by atomic mass is 10.2. The van der Waals surface area contributed by atoms with Gasteiger partial charge in [0.15, 0.2) is 0 Å². The number of carboxylic acid groups (broad SMARTS) is 1. The Labute approximate surface area is 123 Å². The average molecular weight is 304 g/mol. The minimum atomic E-state index is -1.18. The molecule has 21 heavy (non-hydrogen) atoms. The molecule has 3 rings (SSSR count). The van der Waals surface area contributed by atoms with Gasteiger partial charge >= 0.3 is 5.97 Å². The van der Waals surface area contributed by atoms with Crippen molar-refractivity contribution in [3.8, 4) is 0 Å². The van der Waals surface area contributed by atoms with Crippen molar-refractivity contribution >= 4 is 28.4 Å². The second-order valence-electron chi connectivity index (χ2n) is 4.59. The molecule has 6 nitrogen and oxygen atoms in total. The number of carbonyl (C=O) groups is 1. The lowest BCUT2D eigenvalue weighted by Gasteiger charge is -2.03. The summed E-state index contributed by atoms with van der Waals surface area (Å²) in [5.74, 6) is -0.987. The molecule has 0 aromatic carbocycles. The average Bonchev–Trinajstić information content (AvgIpc) is 3.04. The summed E-state index contributed by atoms with van der Waals surface area (Å²) in [5, 5.41) is 11.2. The standard InChI is InChI=1S/C14H12N2O4S/c1-8-10(14(18)19)11-12(20-8)15-7-16(13(11)17)5-4-9-3-2-6-21-9/h2-3,6-7H,4-5H2,1H3,(H,18,19). The van der Waals surface area contributed by atoms with Crippen LogP contribution >= 0.6 is 11.3 Å². The van der Waals surface area contributed by atoms with Crippen LogP contribution in [0.1, 0.15) is 21.0 Å². The van der Waals surface area contributed by atoms with Crippen LogP contribution in [0.2, 0.25) is 0 Å². The van der Waals surface area contributed by atoms with E-state index in [0.29, 0.717) is 13.0 Å². The molecule has 0 atom stereocenters. The fraction of sp³-hybridized carbons (Fsp3) is 0.214. The van der Waals surface area contributed by atoms with Gasteiger partial charge in [-0.1, -0.05) is 6.07 Å². The number of hydrogen-bond acceptors (Lipinski definition) is 5. The van der Waals surface area contributed by atoms with E-state index < -0.39 is 5.97 Å². The van der Waals surface area contributed by atoms with Gasteiger partial charge in [-0.2, -0.15) is 0 Å². The Morgan fingerprint density at radius 2 is 2.33 bits per heavy atom. The summed E-state index contributed by atoms with van der Waals surface area (Å²) in [5.41, 5.74) is -0.416. The van der Waals surface area contributed by atoms with E-state index >= 15 is 0 Å². The van der Waals surface area contributed by atoms with Crippen LogP contribution in [-0.4, -0.2) is 20.6 Å². The van der Waals surface area contributed by atoms with Gasteiger partial charge in [-0.15, -0.1) is 11.3 Å². The molecule has 0 fully saturated rings. The predicted molar refractivity (Wildman–Crippen MR) is 78.0 cm³/mol. The summed E-state index contributed by atoms with van der Waals surface area (Å²) in [4.78, 5) is 28.9. The van der Waals surface area contributed by atoms with E-state index in [-0.39, 0.29) is 28.0 Å². The van der Waals surface area contributed by atoms with E-state index in [1.165, 1.54) is 17.8 Å². The van der Waals surface area contributed by atoms with Crippen molar-refractivity contribution in [2.24, 2.45) is 0 Å². The highest BCUT2D eigenvalue weighted by Crippen LogP contribution is 2.20. The van der Waals surface area contributed by atoms with Gasteiger partial charge in [-0.25, -0.2) is 9.78 Å². The van der Waals surface area contributed by atoms with Crippen molar-refractivity contribution in [2.45, 2.75) is 19.9 Å². The predicted octanol–water partition coefficient (Wildman–Crippen LogP) is 2.30. The maximum absolute atomic E-state index is 12.4. The molecule has 0 radical (unpaired) electrons. The highest BCUT2D eigenvalue weighted by molar-refractivity contribution is 7.09. The van der Waals surface area contributed by atoms with E-state index in [1.54, 1.807) is 11.3 Å². The first kappa shape index (κ1) is 13.6. The third-order valence-electron chi connectivity index (χ3n) is 3.25. The zero-order valence-corrected chi connectivity index (χ0v) is 12.0. The molecule has 0 saturated carbocycles. The second kappa shape index (κ2) is 5.17. The van der Waals surface area contributed by atoms with Crippen LogP contribution in [0.3, 0.4) is 0 Å². The first-order valence-corrected chi connectivity index (χ1v) is 7.20. The Balaban J connectivity index is 2.05. The van der Waals surface area contributed by atoms with Gasteiger partial charge in [0.05, 0.1) is 0 Å². The molecule has 0 amide bonds.